The van der Waals surface area contributed by atoms with Crippen molar-refractivity contribution in [1.82, 2.24) is 29.7 Å². The predicted octanol–water partition coefficient (Wildman–Crippen LogP) is 10.1. The molecule has 8 N–H and O–H groups in total. The van der Waals surface area contributed by atoms with Crippen LogP contribution >= 0.6 is 0 Å². The van der Waals surface area contributed by atoms with Crippen molar-refractivity contribution >= 4 is 89.7 Å². The van der Waals surface area contributed by atoms with Gasteiger partial charge in [0.15, 0.2) is 0 Å². The van der Waals surface area contributed by atoms with Crippen LogP contribution in [0.3, 0.4) is 0 Å². The maximum atomic E-state index is 12.7. The number of benzene rings is 6. The number of urea groups is 2. The molecule has 0 spiro atoms. The summed E-state index contributed by atoms with van der Waals surface area (Å²) in [7, 11) is -10.3. The van der Waals surface area contributed by atoms with Gasteiger partial charge in [-0.05, 0) is 96.1 Å². The van der Waals surface area contributed by atoms with E-state index in [0.717, 1.165) is 33.9 Å². The van der Waals surface area contributed by atoms with Gasteiger partial charge in [-0.15, -0.1) is 0 Å². The van der Waals surface area contributed by atoms with Crippen molar-refractivity contribution in [3.8, 4) is 0 Å². The van der Waals surface area contributed by atoms with Crippen molar-refractivity contribution in [3.63, 3.8) is 0 Å². The van der Waals surface area contributed by atoms with Crippen molar-refractivity contribution in [2.24, 2.45) is 0 Å². The number of carbonyl (C=O) groups excluding carboxylic acids is 2. The van der Waals surface area contributed by atoms with Crippen molar-refractivity contribution in [2.45, 2.75) is 39.3 Å². The number of para-hydroxylation sites is 2. The standard InChI is InChI=1S/2C26H24N6O3.2C6H6N2O2.2Cu.2H2O4S/c2*33-26(29-21-11-7-12-24(16-21)32(34)35)30-25-13-2-1-8-20(25)17-31(18-22-9-3-5-14-27-22)19-23-10-4-6-15-28-23;2*7-5-2-1-3-6(4-5)8(9)10;;;2*1-5(2,3)4/h2*1-16H,17-19H2,(H2,29,30,33);2*1-4H,7H2;;;2*(H2,1,2,3,4)/q;;;;2*+2;;/p-4. The third-order valence-electron chi connectivity index (χ3n) is 12.6. The molecule has 0 unspecified atom stereocenters. The Morgan fingerprint density at radius 1 is 0.353 bits per heavy atom. The molecule has 34 nitrogen and oxygen atoms in total. The normalized spacial score (nSPS) is 10.3. The first-order valence-corrected chi connectivity index (χ1v) is 31.4. The van der Waals surface area contributed by atoms with Crippen LogP contribution in [-0.4, -0.2) is 96.5 Å². The Morgan fingerprint density at radius 3 is 0.853 bits per heavy atom. The number of nitrogen functional groups attached to an aromatic ring is 2. The summed E-state index contributed by atoms with van der Waals surface area (Å²) in [5, 5.41) is 53.3. The Labute approximate surface area is 604 Å². The van der Waals surface area contributed by atoms with Gasteiger partial charge in [0, 0.05) is 168 Å². The molecule has 0 atom stereocenters. The predicted molar refractivity (Wildman–Crippen MR) is 363 cm³/mol. The van der Waals surface area contributed by atoms with E-state index in [2.05, 4.69) is 51.0 Å². The number of anilines is 6. The van der Waals surface area contributed by atoms with Gasteiger partial charge in [-0.1, -0.05) is 84.9 Å². The smallest absolute Gasteiger partial charge is 0.759 e. The van der Waals surface area contributed by atoms with Crippen LogP contribution in [-0.2, 0) is 94.2 Å². The first-order chi connectivity index (χ1) is 47.5. The minimum Gasteiger partial charge on any atom is -0.759 e. The fraction of sp³-hybridized carbons (Fsp3) is 0.0938. The Bertz CT molecular complexity index is 4180. The molecule has 0 saturated carbocycles. The van der Waals surface area contributed by atoms with Crippen LogP contribution in [0.1, 0.15) is 33.9 Å². The zero-order chi connectivity index (χ0) is 73.0. The van der Waals surface area contributed by atoms with Gasteiger partial charge in [-0.25, -0.2) is 9.59 Å². The molecule has 2 radical (unpaired) electrons. The second-order valence-electron chi connectivity index (χ2n) is 20.2. The SMILES string of the molecule is Nc1cccc([N+](=O)[O-])c1.Nc1cccc([N+](=O)[O-])c1.O=C(Nc1cccc([N+](=O)[O-])c1)Nc1ccccc1CN(Cc1ccccn1)Cc1ccccn1.O=C(Nc1cccc([N+](=O)[O-])c1)Nc1ccccc1CN(Cc1ccccn1)Cc1ccccn1.O=S(=O)([O-])[O-].O=S(=O)([O-])[O-].[Cu+2].[Cu+2]. The molecule has 0 aliphatic carbocycles. The molecule has 0 fully saturated rings. The molecule has 6 aromatic carbocycles. The summed E-state index contributed by atoms with van der Waals surface area (Å²) in [6.07, 6.45) is 7.06. The first-order valence-electron chi connectivity index (χ1n) is 28.7. The number of pyridine rings is 4. The molecule has 0 aliphatic heterocycles. The fourth-order valence-electron chi connectivity index (χ4n) is 8.50. The average molecular weight is 1530 g/mol. The second kappa shape index (κ2) is 43.7. The van der Waals surface area contributed by atoms with Gasteiger partial charge in [0.05, 0.1) is 42.5 Å². The van der Waals surface area contributed by atoms with Crippen LogP contribution in [0.15, 0.2) is 243 Å². The zero-order valence-electron chi connectivity index (χ0n) is 52.7. The number of amides is 4. The van der Waals surface area contributed by atoms with E-state index in [1.54, 1.807) is 61.2 Å². The quantitative estimate of drug-likeness (QED) is 0.0103. The molecule has 0 aliphatic rings. The summed E-state index contributed by atoms with van der Waals surface area (Å²) in [5.74, 6) is 0. The van der Waals surface area contributed by atoms with Gasteiger partial charge in [0.25, 0.3) is 22.7 Å². The van der Waals surface area contributed by atoms with Gasteiger partial charge in [-0.2, -0.15) is 0 Å². The van der Waals surface area contributed by atoms with Crippen LogP contribution in [0.25, 0.3) is 0 Å². The first kappa shape index (κ1) is 84.6. The van der Waals surface area contributed by atoms with Gasteiger partial charge < -0.3 is 50.9 Å². The number of nitrogens with two attached hydrogens (primary N) is 2. The van der Waals surface area contributed by atoms with Crippen LogP contribution in [0.4, 0.5) is 66.5 Å². The number of aromatic nitrogens is 4. The number of nitro benzene ring substituents is 4. The minimum atomic E-state index is -5.17. The van der Waals surface area contributed by atoms with E-state index in [9.17, 15) is 50.0 Å². The Kier molecular flexibility index (Phi) is 36.2. The Balaban J connectivity index is 0.000000373. The number of rotatable bonds is 20. The summed E-state index contributed by atoms with van der Waals surface area (Å²) in [6.45, 7) is 3.50. The van der Waals surface area contributed by atoms with E-state index in [4.69, 9.17) is 46.5 Å². The molecule has 4 amide bonds. The van der Waals surface area contributed by atoms with E-state index in [1.165, 1.54) is 60.7 Å². The number of carbonyl (C=O) groups is 2. The molecule has 102 heavy (non-hydrogen) atoms. The molecule has 38 heteroatoms. The molecule has 4 heterocycles. The van der Waals surface area contributed by atoms with Crippen molar-refractivity contribution in [2.75, 3.05) is 32.7 Å². The van der Waals surface area contributed by atoms with Gasteiger partial charge in [-0.3, -0.25) is 87.0 Å². The van der Waals surface area contributed by atoms with E-state index in [0.29, 0.717) is 73.4 Å². The summed E-state index contributed by atoms with van der Waals surface area (Å²) < 4.78 is 68.2. The fourth-order valence-corrected chi connectivity index (χ4v) is 8.50. The van der Waals surface area contributed by atoms with E-state index in [1.807, 2.05) is 121 Å². The van der Waals surface area contributed by atoms with Gasteiger partial charge in [0.2, 0.25) is 0 Å². The molecular formula is C64H60Cu2N16O18S2. The summed E-state index contributed by atoms with van der Waals surface area (Å²) >= 11 is 0. The maximum absolute atomic E-state index is 12.7. The maximum Gasteiger partial charge on any atom is 2.00 e. The average Bonchev–Trinajstić information content (AvgIpc) is 0.858. The molecule has 4 aromatic heterocycles. The topological polar surface area (TPSA) is 525 Å². The van der Waals surface area contributed by atoms with Crippen molar-refractivity contribution < 1.29 is 98.5 Å². The molecule has 10 aromatic rings. The molecule has 10 rings (SSSR count). The number of nitro groups is 4. The largest absolute Gasteiger partial charge is 2.00 e. The van der Waals surface area contributed by atoms with E-state index >= 15 is 0 Å². The zero-order valence-corrected chi connectivity index (χ0v) is 56.2. The van der Waals surface area contributed by atoms with Gasteiger partial charge in [0.1, 0.15) is 0 Å². The van der Waals surface area contributed by atoms with E-state index in [-0.39, 0.29) is 56.9 Å². The molecule has 538 valence electrons. The minimum absolute atomic E-state index is 0. The molecule has 0 bridgehead atoms. The Hall–Kier alpha value is -11.6. The number of hydrogen-bond donors (Lipinski definition) is 6. The molecule has 0 saturated heterocycles. The summed E-state index contributed by atoms with van der Waals surface area (Å²) in [5.41, 5.74) is 18.8. The van der Waals surface area contributed by atoms with Crippen molar-refractivity contribution in [3.05, 3.63) is 318 Å². The third-order valence-corrected chi connectivity index (χ3v) is 12.6. The van der Waals surface area contributed by atoms with Crippen molar-refractivity contribution in [1.29, 1.82) is 0 Å². The number of nitrogens with one attached hydrogen (secondary N) is 4. The molecular weight excluding hydrogens is 1470 g/mol. The number of hydrogen-bond acceptors (Lipinski definition) is 26. The number of nitrogens with zero attached hydrogens (tertiary/aromatic N) is 10. The van der Waals surface area contributed by atoms with Crippen LogP contribution in [0.2, 0.25) is 0 Å². The number of non-ortho nitro benzene ring substituents is 4. The monoisotopic (exact) mass is 1530 g/mol. The summed E-state index contributed by atoms with van der Waals surface area (Å²) in [6, 6.07) is 60.7. The Morgan fingerprint density at radius 2 is 0.608 bits per heavy atom. The van der Waals surface area contributed by atoms with Crippen LogP contribution in [0.5, 0.6) is 0 Å². The van der Waals surface area contributed by atoms with Crippen LogP contribution in [0, 0.1) is 40.5 Å². The van der Waals surface area contributed by atoms with Gasteiger partial charge >= 0.3 is 46.2 Å². The third kappa shape index (κ3) is 35.2. The van der Waals surface area contributed by atoms with E-state index < -0.39 is 52.6 Å². The van der Waals surface area contributed by atoms with Crippen LogP contribution < -0.4 is 32.7 Å². The summed E-state index contributed by atoms with van der Waals surface area (Å²) in [4.78, 5) is 87.8. The second-order valence-corrected chi connectivity index (χ2v) is 21.8.